The molecule has 0 fully saturated rings. The van der Waals surface area contributed by atoms with Gasteiger partial charge in [0.25, 0.3) is 0 Å². The van der Waals surface area contributed by atoms with Crippen LogP contribution in [0.25, 0.3) is 0 Å². The molecule has 0 radical (unpaired) electrons. The standard InChI is InChI=1S/C19H24N4O4/c1-5-7-14-16(18(24)27-6-2)17(23-19(22-14)20-11-21-23)13-10-12(25-3)8-9-15(13)26-4/h8-11,17H,5-7H2,1-4H3,(H,20,21,22). The number of rotatable bonds is 7. The van der Waals surface area contributed by atoms with Gasteiger partial charge in [0.1, 0.15) is 23.9 Å². The van der Waals surface area contributed by atoms with E-state index in [1.807, 2.05) is 18.2 Å². The molecule has 2 aromatic rings. The van der Waals surface area contributed by atoms with Gasteiger partial charge in [-0.15, -0.1) is 0 Å². The highest BCUT2D eigenvalue weighted by atomic mass is 16.5. The van der Waals surface area contributed by atoms with Gasteiger partial charge >= 0.3 is 5.97 Å². The van der Waals surface area contributed by atoms with Gasteiger partial charge in [-0.05, 0) is 31.5 Å². The van der Waals surface area contributed by atoms with Gasteiger partial charge in [-0.25, -0.2) is 9.48 Å². The quantitative estimate of drug-likeness (QED) is 0.748. The second-order valence-corrected chi connectivity index (χ2v) is 6.03. The van der Waals surface area contributed by atoms with Crippen molar-refractivity contribution in [2.75, 3.05) is 26.1 Å². The van der Waals surface area contributed by atoms with Crippen LogP contribution < -0.4 is 14.8 Å². The molecule has 1 N–H and O–H groups in total. The van der Waals surface area contributed by atoms with Crippen LogP contribution >= 0.6 is 0 Å². The van der Waals surface area contributed by atoms with Crippen molar-refractivity contribution < 1.29 is 19.0 Å². The molecule has 0 spiro atoms. The first-order chi connectivity index (χ1) is 13.1. The molecule has 1 aromatic carbocycles. The zero-order valence-corrected chi connectivity index (χ0v) is 16.0. The first-order valence-corrected chi connectivity index (χ1v) is 8.93. The predicted molar refractivity (Wildman–Crippen MR) is 99.9 cm³/mol. The van der Waals surface area contributed by atoms with Gasteiger partial charge in [-0.1, -0.05) is 13.3 Å². The summed E-state index contributed by atoms with van der Waals surface area (Å²) in [5, 5.41) is 7.57. The normalized spacial score (nSPS) is 15.8. The summed E-state index contributed by atoms with van der Waals surface area (Å²) in [6.07, 6.45) is 3.00. The zero-order chi connectivity index (χ0) is 19.4. The van der Waals surface area contributed by atoms with E-state index in [4.69, 9.17) is 14.2 Å². The van der Waals surface area contributed by atoms with Crippen molar-refractivity contribution in [1.82, 2.24) is 14.8 Å². The SMILES string of the molecule is CCCC1=C(C(=O)OCC)C(c2cc(OC)ccc2OC)n2ncnc2N1. The van der Waals surface area contributed by atoms with E-state index in [9.17, 15) is 4.79 Å². The van der Waals surface area contributed by atoms with Crippen LogP contribution in [0, 0.1) is 0 Å². The lowest BCUT2D eigenvalue weighted by molar-refractivity contribution is -0.139. The van der Waals surface area contributed by atoms with E-state index >= 15 is 0 Å². The molecule has 2 heterocycles. The first-order valence-electron chi connectivity index (χ1n) is 8.93. The third-order valence-electron chi connectivity index (χ3n) is 4.41. The van der Waals surface area contributed by atoms with Gasteiger partial charge in [0.2, 0.25) is 5.95 Å². The average Bonchev–Trinajstić information content (AvgIpc) is 3.15. The highest BCUT2D eigenvalue weighted by molar-refractivity contribution is 5.92. The molecule has 8 heteroatoms. The van der Waals surface area contributed by atoms with Crippen LogP contribution in [-0.4, -0.2) is 41.6 Å². The summed E-state index contributed by atoms with van der Waals surface area (Å²) < 4.78 is 18.0. The minimum atomic E-state index is -0.533. The number of aromatic nitrogens is 3. The summed E-state index contributed by atoms with van der Waals surface area (Å²) in [6, 6.07) is 4.94. The van der Waals surface area contributed by atoms with E-state index in [0.29, 0.717) is 29.4 Å². The average molecular weight is 372 g/mol. The number of fused-ring (bicyclic) bond motifs is 1. The fourth-order valence-electron chi connectivity index (χ4n) is 3.25. The molecular formula is C19H24N4O4. The van der Waals surface area contributed by atoms with Crippen LogP contribution in [-0.2, 0) is 9.53 Å². The van der Waals surface area contributed by atoms with Crippen molar-refractivity contribution in [2.24, 2.45) is 0 Å². The summed E-state index contributed by atoms with van der Waals surface area (Å²) >= 11 is 0. The molecule has 8 nitrogen and oxygen atoms in total. The third-order valence-corrected chi connectivity index (χ3v) is 4.41. The summed E-state index contributed by atoms with van der Waals surface area (Å²) in [7, 11) is 3.19. The van der Waals surface area contributed by atoms with Crippen molar-refractivity contribution in [3.63, 3.8) is 0 Å². The summed E-state index contributed by atoms with van der Waals surface area (Å²) in [5.74, 6) is 1.47. The van der Waals surface area contributed by atoms with Crippen LogP contribution in [0.4, 0.5) is 5.95 Å². The number of carbonyl (C=O) groups excluding carboxylic acids is 1. The van der Waals surface area contributed by atoms with Crippen LogP contribution in [0.3, 0.4) is 0 Å². The minimum Gasteiger partial charge on any atom is -0.497 e. The number of hydrogen-bond donors (Lipinski definition) is 1. The van der Waals surface area contributed by atoms with Gasteiger partial charge in [0, 0.05) is 11.3 Å². The van der Waals surface area contributed by atoms with Crippen LogP contribution in [0.1, 0.15) is 38.3 Å². The van der Waals surface area contributed by atoms with Gasteiger partial charge in [-0.3, -0.25) is 0 Å². The number of anilines is 1. The molecule has 0 saturated carbocycles. The molecule has 1 atom stereocenters. The van der Waals surface area contributed by atoms with E-state index in [-0.39, 0.29) is 12.6 Å². The van der Waals surface area contributed by atoms with Crippen molar-refractivity contribution in [3.8, 4) is 11.5 Å². The number of nitrogens with zero attached hydrogens (tertiary/aromatic N) is 3. The van der Waals surface area contributed by atoms with Gasteiger partial charge < -0.3 is 19.5 Å². The lowest BCUT2D eigenvalue weighted by Crippen LogP contribution is -2.30. The Kier molecular flexibility index (Phi) is 5.63. The number of nitrogens with one attached hydrogen (secondary N) is 1. The Morgan fingerprint density at radius 1 is 1.26 bits per heavy atom. The van der Waals surface area contributed by atoms with Crippen LogP contribution in [0.15, 0.2) is 35.8 Å². The molecule has 1 unspecified atom stereocenters. The molecule has 0 amide bonds. The van der Waals surface area contributed by atoms with Crippen LogP contribution in [0.5, 0.6) is 11.5 Å². The van der Waals surface area contributed by atoms with E-state index in [1.54, 1.807) is 25.8 Å². The molecule has 27 heavy (non-hydrogen) atoms. The van der Waals surface area contributed by atoms with E-state index in [2.05, 4.69) is 22.3 Å². The molecule has 1 aliphatic rings. The van der Waals surface area contributed by atoms with Gasteiger partial charge in [-0.2, -0.15) is 10.1 Å². The lowest BCUT2D eigenvalue weighted by atomic mass is 9.93. The summed E-state index contributed by atoms with van der Waals surface area (Å²) in [6.45, 7) is 4.13. The predicted octanol–water partition coefficient (Wildman–Crippen LogP) is 2.93. The second kappa shape index (κ2) is 8.11. The van der Waals surface area contributed by atoms with Crippen molar-refractivity contribution in [3.05, 3.63) is 41.4 Å². The summed E-state index contributed by atoms with van der Waals surface area (Å²) in [5.41, 5.74) is 2.04. The number of carbonyl (C=O) groups is 1. The number of hydrogen-bond acceptors (Lipinski definition) is 7. The molecule has 1 aliphatic heterocycles. The molecule has 144 valence electrons. The molecule has 3 rings (SSSR count). The second-order valence-electron chi connectivity index (χ2n) is 6.03. The monoisotopic (exact) mass is 372 g/mol. The smallest absolute Gasteiger partial charge is 0.338 e. The van der Waals surface area contributed by atoms with E-state index < -0.39 is 6.04 Å². The fourth-order valence-corrected chi connectivity index (χ4v) is 3.25. The Morgan fingerprint density at radius 3 is 2.74 bits per heavy atom. The van der Waals surface area contributed by atoms with Crippen molar-refractivity contribution in [1.29, 1.82) is 0 Å². The third kappa shape index (κ3) is 3.47. The van der Waals surface area contributed by atoms with Crippen molar-refractivity contribution in [2.45, 2.75) is 32.7 Å². The number of allylic oxidation sites excluding steroid dienone is 1. The van der Waals surface area contributed by atoms with Gasteiger partial charge in [0.15, 0.2) is 0 Å². The number of ether oxygens (including phenoxy) is 3. The Morgan fingerprint density at radius 2 is 2.07 bits per heavy atom. The van der Waals surface area contributed by atoms with Crippen LogP contribution in [0.2, 0.25) is 0 Å². The van der Waals surface area contributed by atoms with Crippen molar-refractivity contribution >= 4 is 11.9 Å². The number of esters is 1. The van der Waals surface area contributed by atoms with E-state index in [0.717, 1.165) is 17.7 Å². The lowest BCUT2D eigenvalue weighted by Gasteiger charge is -2.30. The number of methoxy groups -OCH3 is 2. The molecular weight excluding hydrogens is 348 g/mol. The van der Waals surface area contributed by atoms with E-state index in [1.165, 1.54) is 6.33 Å². The maximum atomic E-state index is 12.9. The minimum absolute atomic E-state index is 0.286. The Labute approximate surface area is 158 Å². The Hall–Kier alpha value is -3.03. The topological polar surface area (TPSA) is 87.5 Å². The largest absolute Gasteiger partial charge is 0.497 e. The number of benzene rings is 1. The molecule has 0 bridgehead atoms. The Bertz CT molecular complexity index is 859. The fraction of sp³-hybridized carbons (Fsp3) is 0.421. The maximum Gasteiger partial charge on any atom is 0.338 e. The Balaban J connectivity index is 2.24. The maximum absolute atomic E-state index is 12.9. The highest BCUT2D eigenvalue weighted by Crippen LogP contribution is 2.41. The zero-order valence-electron chi connectivity index (χ0n) is 16.0. The molecule has 0 aliphatic carbocycles. The van der Waals surface area contributed by atoms with Gasteiger partial charge in [0.05, 0.1) is 26.4 Å². The molecule has 1 aromatic heterocycles. The molecule has 0 saturated heterocycles. The summed E-state index contributed by atoms with van der Waals surface area (Å²) in [4.78, 5) is 17.2. The first kappa shape index (κ1) is 18.8. The highest BCUT2D eigenvalue weighted by Gasteiger charge is 2.37.